The van der Waals surface area contributed by atoms with Gasteiger partial charge >= 0.3 is 6.09 Å². The molecule has 0 aliphatic heterocycles. The molecule has 2 aromatic carbocycles. The fourth-order valence-corrected chi connectivity index (χ4v) is 4.55. The Labute approximate surface area is 200 Å². The number of nitrogens with zero attached hydrogens (tertiary/aromatic N) is 3. The van der Waals surface area contributed by atoms with Gasteiger partial charge < -0.3 is 10.1 Å². The molecule has 6 nitrogen and oxygen atoms in total. The average Bonchev–Trinajstić information content (AvgIpc) is 3.14. The van der Waals surface area contributed by atoms with E-state index >= 15 is 0 Å². The van der Waals surface area contributed by atoms with E-state index in [2.05, 4.69) is 46.7 Å². The number of nitrogens with one attached hydrogen (secondary N) is 1. The van der Waals surface area contributed by atoms with E-state index in [9.17, 15) is 4.79 Å². The van der Waals surface area contributed by atoms with Crippen molar-refractivity contribution < 1.29 is 9.53 Å². The molecule has 2 heterocycles. The summed E-state index contributed by atoms with van der Waals surface area (Å²) < 4.78 is 7.57. The Bertz CT molecular complexity index is 1330. The fraction of sp³-hybridized carbons (Fsp3) is 0.321. The molecule has 1 saturated carbocycles. The van der Waals surface area contributed by atoms with Gasteiger partial charge in [-0.2, -0.15) is 0 Å². The number of fused-ring (bicyclic) bond motifs is 1. The highest BCUT2D eigenvalue weighted by Crippen LogP contribution is 2.42. The number of amides is 1. The van der Waals surface area contributed by atoms with Crippen LogP contribution in [0.4, 0.5) is 4.79 Å². The molecule has 1 N–H and O–H groups in total. The lowest BCUT2D eigenvalue weighted by Gasteiger charge is -2.43. The second-order valence-electron chi connectivity index (χ2n) is 10.1. The van der Waals surface area contributed by atoms with Gasteiger partial charge in [0.25, 0.3) is 0 Å². The average molecular weight is 455 g/mol. The summed E-state index contributed by atoms with van der Waals surface area (Å²) >= 11 is 0. The van der Waals surface area contributed by atoms with Crippen LogP contribution in [0.25, 0.3) is 28.3 Å². The van der Waals surface area contributed by atoms with Crippen molar-refractivity contribution in [3.05, 3.63) is 78.1 Å². The monoisotopic (exact) mass is 454 g/mol. The first-order valence-electron chi connectivity index (χ1n) is 11.8. The van der Waals surface area contributed by atoms with Crippen molar-refractivity contribution in [2.45, 2.75) is 58.1 Å². The van der Waals surface area contributed by atoms with E-state index in [0.717, 1.165) is 53.0 Å². The van der Waals surface area contributed by atoms with Crippen LogP contribution >= 0.6 is 0 Å². The molecule has 0 saturated heterocycles. The predicted octanol–water partition coefficient (Wildman–Crippen LogP) is 6.28. The highest BCUT2D eigenvalue weighted by atomic mass is 16.6. The quantitative estimate of drug-likeness (QED) is 0.394. The minimum Gasteiger partial charge on any atom is -0.444 e. The Morgan fingerprint density at radius 2 is 1.68 bits per heavy atom. The maximum absolute atomic E-state index is 12.5. The molecule has 0 radical (unpaired) electrons. The molecule has 1 aliphatic carbocycles. The number of hydrogen-bond donors (Lipinski definition) is 1. The highest BCUT2D eigenvalue weighted by molar-refractivity contribution is 5.81. The predicted molar refractivity (Wildman–Crippen MR) is 133 cm³/mol. The van der Waals surface area contributed by atoms with Crippen LogP contribution in [0.5, 0.6) is 0 Å². The second-order valence-corrected chi connectivity index (χ2v) is 10.1. The number of hydrogen-bond acceptors (Lipinski definition) is 4. The van der Waals surface area contributed by atoms with Gasteiger partial charge in [0.1, 0.15) is 5.60 Å². The molecule has 0 unspecified atom stereocenters. The lowest BCUT2D eigenvalue weighted by atomic mass is 9.71. The number of carbonyl (C=O) groups excluding carboxylic acids is 1. The SMILES string of the molecule is Cc1ccn2c(-c3ccccc3)c(-c3ccc(C4(NC(=O)OC(C)(C)C)CCC4)cc3)nc2n1. The van der Waals surface area contributed by atoms with Crippen molar-refractivity contribution in [1.29, 1.82) is 0 Å². The van der Waals surface area contributed by atoms with Gasteiger partial charge in [0.05, 0.1) is 16.9 Å². The molecule has 5 rings (SSSR count). The molecule has 2 aromatic heterocycles. The van der Waals surface area contributed by atoms with Crippen LogP contribution < -0.4 is 5.32 Å². The Balaban J connectivity index is 1.52. The van der Waals surface area contributed by atoms with Crippen LogP contribution in [0.3, 0.4) is 0 Å². The highest BCUT2D eigenvalue weighted by Gasteiger charge is 2.41. The first-order chi connectivity index (χ1) is 16.2. The van der Waals surface area contributed by atoms with Crippen LogP contribution in [0.1, 0.15) is 51.3 Å². The summed E-state index contributed by atoms with van der Waals surface area (Å²) in [6.07, 6.45) is 4.53. The van der Waals surface area contributed by atoms with Crippen molar-refractivity contribution in [2.75, 3.05) is 0 Å². The largest absolute Gasteiger partial charge is 0.444 e. The summed E-state index contributed by atoms with van der Waals surface area (Å²) in [5.74, 6) is 0.681. The minimum absolute atomic E-state index is 0.371. The number of aromatic nitrogens is 3. The van der Waals surface area contributed by atoms with E-state index in [1.165, 1.54) is 0 Å². The Morgan fingerprint density at radius 1 is 0.971 bits per heavy atom. The smallest absolute Gasteiger partial charge is 0.408 e. The molecule has 6 heteroatoms. The van der Waals surface area contributed by atoms with Crippen molar-refractivity contribution >= 4 is 11.9 Å². The summed E-state index contributed by atoms with van der Waals surface area (Å²) in [5.41, 5.74) is 5.12. The Hall–Kier alpha value is -3.67. The molecule has 1 amide bonds. The van der Waals surface area contributed by atoms with E-state index in [-0.39, 0.29) is 11.6 Å². The maximum Gasteiger partial charge on any atom is 0.408 e. The number of alkyl carbamates (subject to hydrolysis) is 1. The molecule has 34 heavy (non-hydrogen) atoms. The van der Waals surface area contributed by atoms with Crippen molar-refractivity contribution in [3.63, 3.8) is 0 Å². The van der Waals surface area contributed by atoms with Gasteiger partial charge in [-0.05, 0) is 58.6 Å². The van der Waals surface area contributed by atoms with Gasteiger partial charge in [-0.1, -0.05) is 54.6 Å². The summed E-state index contributed by atoms with van der Waals surface area (Å²) in [5, 5.41) is 3.14. The summed E-state index contributed by atoms with van der Waals surface area (Å²) in [4.78, 5) is 22.0. The molecule has 1 aliphatic rings. The van der Waals surface area contributed by atoms with Crippen molar-refractivity contribution in [2.24, 2.45) is 0 Å². The van der Waals surface area contributed by atoms with Gasteiger partial charge in [0.15, 0.2) is 0 Å². The number of imidazole rings is 1. The Morgan fingerprint density at radius 3 is 2.29 bits per heavy atom. The lowest BCUT2D eigenvalue weighted by Crippen LogP contribution is -2.52. The van der Waals surface area contributed by atoms with Crippen molar-refractivity contribution in [1.82, 2.24) is 19.7 Å². The lowest BCUT2D eigenvalue weighted by molar-refractivity contribution is 0.0377. The third kappa shape index (κ3) is 4.16. The van der Waals surface area contributed by atoms with Crippen LogP contribution in [0.15, 0.2) is 66.9 Å². The molecule has 4 aromatic rings. The van der Waals surface area contributed by atoms with Gasteiger partial charge in [-0.15, -0.1) is 0 Å². The molecule has 174 valence electrons. The molecule has 0 bridgehead atoms. The molecule has 0 spiro atoms. The molecular weight excluding hydrogens is 424 g/mol. The number of carbonyl (C=O) groups is 1. The molecule has 1 fully saturated rings. The number of benzene rings is 2. The van der Waals surface area contributed by atoms with Crippen LogP contribution in [0.2, 0.25) is 0 Å². The van der Waals surface area contributed by atoms with Gasteiger partial charge in [0, 0.05) is 23.0 Å². The summed E-state index contributed by atoms with van der Waals surface area (Å²) in [7, 11) is 0. The third-order valence-corrected chi connectivity index (χ3v) is 6.34. The standard InChI is InChI=1S/C28H30N4O2/c1-19-15-18-32-24(21-9-6-5-7-10-21)23(30-25(32)29-19)20-11-13-22(14-12-20)28(16-8-17-28)31-26(33)34-27(2,3)4/h5-7,9-15,18H,8,16-17H2,1-4H3,(H,31,33). The van der Waals surface area contributed by atoms with Crippen LogP contribution in [0, 0.1) is 6.92 Å². The summed E-state index contributed by atoms with van der Waals surface area (Å²) in [6, 6.07) is 20.6. The topological polar surface area (TPSA) is 68.5 Å². The molecule has 0 atom stereocenters. The zero-order valence-corrected chi connectivity index (χ0v) is 20.1. The fourth-order valence-electron chi connectivity index (χ4n) is 4.55. The van der Waals surface area contributed by atoms with E-state index in [1.54, 1.807) is 0 Å². The summed E-state index contributed by atoms with van der Waals surface area (Å²) in [6.45, 7) is 7.61. The normalized spacial score (nSPS) is 15.1. The zero-order chi connectivity index (χ0) is 23.9. The van der Waals surface area contributed by atoms with E-state index < -0.39 is 5.60 Å². The second kappa shape index (κ2) is 8.28. The first-order valence-corrected chi connectivity index (χ1v) is 11.8. The minimum atomic E-state index is -0.526. The molecular formula is C28H30N4O2. The number of rotatable bonds is 4. The zero-order valence-electron chi connectivity index (χ0n) is 20.1. The number of aryl methyl sites for hydroxylation is 1. The maximum atomic E-state index is 12.5. The van der Waals surface area contributed by atoms with Gasteiger partial charge in [0.2, 0.25) is 5.78 Å². The van der Waals surface area contributed by atoms with Gasteiger partial charge in [-0.3, -0.25) is 4.40 Å². The van der Waals surface area contributed by atoms with Crippen molar-refractivity contribution in [3.8, 4) is 22.5 Å². The van der Waals surface area contributed by atoms with Gasteiger partial charge in [-0.25, -0.2) is 14.8 Å². The number of ether oxygens (including phenoxy) is 1. The first kappa shape index (κ1) is 22.1. The third-order valence-electron chi connectivity index (χ3n) is 6.34. The van der Waals surface area contributed by atoms with Crippen LogP contribution in [-0.4, -0.2) is 26.1 Å². The Kier molecular flexibility index (Phi) is 5.39. The van der Waals surface area contributed by atoms with E-state index in [0.29, 0.717) is 5.78 Å². The van der Waals surface area contributed by atoms with Crippen LogP contribution in [-0.2, 0) is 10.3 Å². The van der Waals surface area contributed by atoms with E-state index in [4.69, 9.17) is 9.72 Å². The van der Waals surface area contributed by atoms with E-state index in [1.807, 2.05) is 62.6 Å².